The third kappa shape index (κ3) is 2.84. The second kappa shape index (κ2) is 5.71. The zero-order chi connectivity index (χ0) is 14.8. The van der Waals surface area contributed by atoms with E-state index >= 15 is 0 Å². The number of halogens is 1. The molecule has 6 heteroatoms. The van der Waals surface area contributed by atoms with Crippen LogP contribution >= 0.6 is 23.8 Å². The SMILES string of the molecule is NC(=S)c1c(Cl)cccc1OCc1cn2ccccc2n1. The zero-order valence-electron chi connectivity index (χ0n) is 11.0. The van der Waals surface area contributed by atoms with Gasteiger partial charge in [-0.3, -0.25) is 0 Å². The number of nitrogens with zero attached hydrogens (tertiary/aromatic N) is 2. The van der Waals surface area contributed by atoms with E-state index in [1.807, 2.05) is 35.0 Å². The van der Waals surface area contributed by atoms with Crippen LogP contribution in [0, 0.1) is 0 Å². The number of ether oxygens (including phenoxy) is 1. The Morgan fingerprint density at radius 2 is 2.14 bits per heavy atom. The van der Waals surface area contributed by atoms with Gasteiger partial charge in [-0.15, -0.1) is 0 Å². The number of hydrogen-bond donors (Lipinski definition) is 1. The van der Waals surface area contributed by atoms with Gasteiger partial charge in [-0.05, 0) is 24.3 Å². The highest BCUT2D eigenvalue weighted by Gasteiger charge is 2.11. The second-order valence-electron chi connectivity index (χ2n) is 4.46. The minimum Gasteiger partial charge on any atom is -0.486 e. The fraction of sp³-hybridized carbons (Fsp3) is 0.0667. The van der Waals surface area contributed by atoms with Crippen LogP contribution in [-0.4, -0.2) is 14.4 Å². The smallest absolute Gasteiger partial charge is 0.137 e. The summed E-state index contributed by atoms with van der Waals surface area (Å²) in [4.78, 5) is 4.68. The van der Waals surface area contributed by atoms with E-state index in [0.717, 1.165) is 11.3 Å². The molecule has 1 aromatic carbocycles. The van der Waals surface area contributed by atoms with Gasteiger partial charge in [0.05, 0.1) is 16.3 Å². The van der Waals surface area contributed by atoms with Crippen LogP contribution in [0.25, 0.3) is 5.65 Å². The lowest BCUT2D eigenvalue weighted by molar-refractivity contribution is 0.301. The molecule has 0 saturated carbocycles. The summed E-state index contributed by atoms with van der Waals surface area (Å²) in [7, 11) is 0. The van der Waals surface area contributed by atoms with Crippen LogP contribution in [0.4, 0.5) is 0 Å². The van der Waals surface area contributed by atoms with Gasteiger partial charge in [0, 0.05) is 12.4 Å². The topological polar surface area (TPSA) is 52.5 Å². The lowest BCUT2D eigenvalue weighted by Gasteiger charge is -2.10. The molecule has 2 heterocycles. The van der Waals surface area contributed by atoms with E-state index in [4.69, 9.17) is 34.3 Å². The van der Waals surface area contributed by atoms with Crippen LogP contribution in [0.3, 0.4) is 0 Å². The molecule has 4 nitrogen and oxygen atoms in total. The van der Waals surface area contributed by atoms with E-state index in [1.54, 1.807) is 18.2 Å². The third-order valence-corrected chi connectivity index (χ3v) is 3.53. The summed E-state index contributed by atoms with van der Waals surface area (Å²) in [6, 6.07) is 11.1. The standard InChI is InChI=1S/C15H12ClN3OS/c16-11-4-3-5-12(14(11)15(17)21)20-9-10-8-19-7-2-1-6-13(19)18-10/h1-8H,9H2,(H2,17,21). The van der Waals surface area contributed by atoms with Gasteiger partial charge >= 0.3 is 0 Å². The molecular weight excluding hydrogens is 306 g/mol. The van der Waals surface area contributed by atoms with Gasteiger partial charge in [-0.2, -0.15) is 0 Å². The molecule has 0 unspecified atom stereocenters. The summed E-state index contributed by atoms with van der Waals surface area (Å²) in [5, 5.41) is 0.481. The monoisotopic (exact) mass is 317 g/mol. The summed E-state index contributed by atoms with van der Waals surface area (Å²) in [6.07, 6.45) is 3.85. The van der Waals surface area contributed by atoms with Crippen molar-refractivity contribution in [1.82, 2.24) is 9.38 Å². The lowest BCUT2D eigenvalue weighted by Crippen LogP contribution is -2.12. The number of pyridine rings is 1. The molecular formula is C15H12ClN3OS. The molecule has 2 N–H and O–H groups in total. The molecule has 0 aliphatic rings. The molecule has 3 aromatic rings. The van der Waals surface area contributed by atoms with E-state index in [0.29, 0.717) is 22.9 Å². The van der Waals surface area contributed by atoms with Crippen molar-refractivity contribution < 1.29 is 4.74 Å². The molecule has 0 spiro atoms. The molecule has 0 aliphatic heterocycles. The van der Waals surface area contributed by atoms with Crippen molar-refractivity contribution in [3.8, 4) is 5.75 Å². The molecule has 106 valence electrons. The normalized spacial score (nSPS) is 10.7. The summed E-state index contributed by atoms with van der Waals surface area (Å²) in [5.74, 6) is 0.562. The van der Waals surface area contributed by atoms with E-state index in [2.05, 4.69) is 4.98 Å². The molecule has 0 atom stereocenters. The minimum atomic E-state index is 0.214. The van der Waals surface area contributed by atoms with Crippen LogP contribution in [0.2, 0.25) is 5.02 Å². The van der Waals surface area contributed by atoms with Crippen molar-refractivity contribution >= 4 is 34.5 Å². The minimum absolute atomic E-state index is 0.214. The van der Waals surface area contributed by atoms with Gasteiger partial charge in [-0.25, -0.2) is 4.98 Å². The van der Waals surface area contributed by atoms with Crippen LogP contribution < -0.4 is 10.5 Å². The Morgan fingerprint density at radius 3 is 2.90 bits per heavy atom. The average Bonchev–Trinajstić information content (AvgIpc) is 2.87. The number of benzene rings is 1. The Kier molecular flexibility index (Phi) is 3.77. The quantitative estimate of drug-likeness (QED) is 0.751. The predicted molar refractivity (Wildman–Crippen MR) is 86.9 cm³/mol. The largest absolute Gasteiger partial charge is 0.486 e. The van der Waals surface area contributed by atoms with E-state index in [1.165, 1.54) is 0 Å². The van der Waals surface area contributed by atoms with Crippen LogP contribution in [0.15, 0.2) is 48.8 Å². The lowest BCUT2D eigenvalue weighted by atomic mass is 10.2. The predicted octanol–water partition coefficient (Wildman–Crippen LogP) is 3.20. The Labute approximate surface area is 132 Å². The highest BCUT2D eigenvalue weighted by Crippen LogP contribution is 2.27. The number of hydrogen-bond acceptors (Lipinski definition) is 3. The number of imidazole rings is 1. The highest BCUT2D eigenvalue weighted by atomic mass is 35.5. The van der Waals surface area contributed by atoms with E-state index in [9.17, 15) is 0 Å². The highest BCUT2D eigenvalue weighted by molar-refractivity contribution is 7.80. The molecule has 0 saturated heterocycles. The number of nitrogens with two attached hydrogens (primary N) is 1. The maximum absolute atomic E-state index is 6.10. The average molecular weight is 318 g/mol. The first-order valence-electron chi connectivity index (χ1n) is 6.29. The molecule has 0 radical (unpaired) electrons. The second-order valence-corrected chi connectivity index (χ2v) is 5.31. The first kappa shape index (κ1) is 13.9. The van der Waals surface area contributed by atoms with E-state index < -0.39 is 0 Å². The Balaban J connectivity index is 1.85. The van der Waals surface area contributed by atoms with Crippen molar-refractivity contribution in [3.63, 3.8) is 0 Å². The Hall–Kier alpha value is -2.11. The molecule has 2 aromatic heterocycles. The van der Waals surface area contributed by atoms with E-state index in [-0.39, 0.29) is 4.99 Å². The van der Waals surface area contributed by atoms with Crippen molar-refractivity contribution in [2.75, 3.05) is 0 Å². The van der Waals surface area contributed by atoms with Crippen LogP contribution in [0.5, 0.6) is 5.75 Å². The van der Waals surface area contributed by atoms with Crippen LogP contribution in [0.1, 0.15) is 11.3 Å². The van der Waals surface area contributed by atoms with Gasteiger partial charge in [0.25, 0.3) is 0 Å². The first-order valence-corrected chi connectivity index (χ1v) is 7.07. The summed E-state index contributed by atoms with van der Waals surface area (Å²) in [6.45, 7) is 0.317. The fourth-order valence-electron chi connectivity index (χ4n) is 2.07. The third-order valence-electron chi connectivity index (χ3n) is 3.01. The summed E-state index contributed by atoms with van der Waals surface area (Å²) in [5.41, 5.74) is 7.93. The number of thiocarbonyl (C=S) groups is 1. The van der Waals surface area contributed by atoms with Crippen molar-refractivity contribution in [2.24, 2.45) is 5.73 Å². The van der Waals surface area contributed by atoms with Gasteiger partial charge < -0.3 is 14.9 Å². The fourth-order valence-corrected chi connectivity index (χ4v) is 2.61. The first-order chi connectivity index (χ1) is 10.1. The number of aromatic nitrogens is 2. The van der Waals surface area contributed by atoms with Gasteiger partial charge in [0.2, 0.25) is 0 Å². The van der Waals surface area contributed by atoms with Gasteiger partial charge in [0.15, 0.2) is 0 Å². The van der Waals surface area contributed by atoms with Gasteiger partial charge in [0.1, 0.15) is 23.0 Å². The zero-order valence-corrected chi connectivity index (χ0v) is 12.6. The molecule has 0 bridgehead atoms. The maximum atomic E-state index is 6.10. The summed E-state index contributed by atoms with van der Waals surface area (Å²) >= 11 is 11.1. The Bertz CT molecular complexity index is 783. The molecule has 3 rings (SSSR count). The van der Waals surface area contributed by atoms with Crippen molar-refractivity contribution in [1.29, 1.82) is 0 Å². The van der Waals surface area contributed by atoms with Crippen molar-refractivity contribution in [2.45, 2.75) is 6.61 Å². The van der Waals surface area contributed by atoms with Crippen LogP contribution in [-0.2, 0) is 6.61 Å². The molecule has 21 heavy (non-hydrogen) atoms. The van der Waals surface area contributed by atoms with Crippen molar-refractivity contribution in [3.05, 3.63) is 65.1 Å². The maximum Gasteiger partial charge on any atom is 0.137 e. The number of rotatable bonds is 4. The molecule has 0 fully saturated rings. The van der Waals surface area contributed by atoms with Gasteiger partial charge in [-0.1, -0.05) is 36.0 Å². The Morgan fingerprint density at radius 1 is 1.29 bits per heavy atom. The molecule has 0 amide bonds. The summed E-state index contributed by atoms with van der Waals surface area (Å²) < 4.78 is 7.70. The number of fused-ring (bicyclic) bond motifs is 1. The molecule has 0 aliphatic carbocycles.